The third-order valence-electron chi connectivity index (χ3n) is 6.45. The molecule has 0 aromatic carbocycles. The van der Waals surface area contributed by atoms with Crippen molar-refractivity contribution in [3.05, 3.63) is 23.4 Å². The molecule has 2 aliphatic rings. The fourth-order valence-corrected chi connectivity index (χ4v) is 4.31. The Hall–Kier alpha value is -2.83. The third kappa shape index (κ3) is 6.39. The third-order valence-corrected chi connectivity index (χ3v) is 6.45. The maximum Gasteiger partial charge on any atom is 0.317 e. The van der Waals surface area contributed by atoms with Crippen LogP contribution in [0.5, 0.6) is 5.88 Å². The lowest BCUT2D eigenvalue weighted by Crippen LogP contribution is -2.52. The molecule has 3 atom stereocenters. The maximum atomic E-state index is 13.4. The number of aliphatic hydroxyl groups is 1. The Morgan fingerprint density at radius 1 is 1.44 bits per heavy atom. The van der Waals surface area contributed by atoms with E-state index in [0.717, 1.165) is 25.7 Å². The summed E-state index contributed by atoms with van der Waals surface area (Å²) in [7, 11) is 3.31. The quantitative estimate of drug-likeness (QED) is 0.613. The zero-order valence-corrected chi connectivity index (χ0v) is 20.5. The highest BCUT2D eigenvalue weighted by atomic mass is 16.5. The number of ether oxygens (including phenoxy) is 2. The summed E-state index contributed by atoms with van der Waals surface area (Å²) < 4.78 is 11.2. The predicted molar refractivity (Wildman–Crippen MR) is 128 cm³/mol. The minimum Gasteiger partial charge on any atom is -0.472 e. The molecule has 1 fully saturated rings. The van der Waals surface area contributed by atoms with Gasteiger partial charge < -0.3 is 29.7 Å². The lowest BCUT2D eigenvalue weighted by atomic mass is 10.00. The van der Waals surface area contributed by atoms with Crippen molar-refractivity contribution in [2.75, 3.05) is 40.5 Å². The van der Waals surface area contributed by atoms with E-state index >= 15 is 0 Å². The largest absolute Gasteiger partial charge is 0.472 e. The molecule has 0 bridgehead atoms. The van der Waals surface area contributed by atoms with Crippen molar-refractivity contribution in [1.29, 1.82) is 0 Å². The Labute approximate surface area is 201 Å². The summed E-state index contributed by atoms with van der Waals surface area (Å²) in [5.74, 6) is 5.64. The SMILES string of the molecule is COCC#Cc1cnc2c(c1)C(=O)N([C@H](C)CO)C[C@H](C)[C@@H](CN(C)C(=O)NC1CCCC1)O2. The molecule has 0 saturated heterocycles. The average Bonchev–Trinajstić information content (AvgIpc) is 3.34. The summed E-state index contributed by atoms with van der Waals surface area (Å²) in [5, 5.41) is 12.9. The molecule has 9 nitrogen and oxygen atoms in total. The number of aromatic nitrogens is 1. The van der Waals surface area contributed by atoms with Crippen LogP contribution in [0.25, 0.3) is 0 Å². The lowest BCUT2D eigenvalue weighted by molar-refractivity contribution is 0.0351. The predicted octanol–water partition coefficient (Wildman–Crippen LogP) is 1.88. The van der Waals surface area contributed by atoms with E-state index in [1.54, 1.807) is 43.1 Å². The number of likely N-dealkylation sites (N-methyl/N-ethyl adjacent to an activating group) is 1. The number of nitrogens with zero attached hydrogens (tertiary/aromatic N) is 3. The average molecular weight is 473 g/mol. The molecular formula is C25H36N4O5. The van der Waals surface area contributed by atoms with Crippen LogP contribution in [0.2, 0.25) is 0 Å². The summed E-state index contributed by atoms with van der Waals surface area (Å²) in [5.41, 5.74) is 0.863. The smallest absolute Gasteiger partial charge is 0.317 e. The van der Waals surface area contributed by atoms with Crippen LogP contribution in [0.1, 0.15) is 55.5 Å². The number of methoxy groups -OCH3 is 1. The van der Waals surface area contributed by atoms with Gasteiger partial charge in [0.2, 0.25) is 5.88 Å². The number of rotatable bonds is 6. The first-order chi connectivity index (χ1) is 16.3. The molecule has 2 N–H and O–H groups in total. The van der Waals surface area contributed by atoms with Gasteiger partial charge in [-0.25, -0.2) is 9.78 Å². The second-order valence-corrected chi connectivity index (χ2v) is 9.25. The van der Waals surface area contributed by atoms with Crippen molar-refractivity contribution in [2.45, 2.75) is 57.7 Å². The van der Waals surface area contributed by atoms with Crippen LogP contribution in [0, 0.1) is 17.8 Å². The topological polar surface area (TPSA) is 104 Å². The number of carbonyl (C=O) groups is 2. The summed E-state index contributed by atoms with van der Waals surface area (Å²) in [6.07, 6.45) is 5.49. The van der Waals surface area contributed by atoms with Crippen molar-refractivity contribution >= 4 is 11.9 Å². The van der Waals surface area contributed by atoms with Gasteiger partial charge >= 0.3 is 6.03 Å². The Morgan fingerprint density at radius 2 is 2.18 bits per heavy atom. The zero-order valence-electron chi connectivity index (χ0n) is 20.5. The Balaban J connectivity index is 1.85. The second-order valence-electron chi connectivity index (χ2n) is 9.25. The van der Waals surface area contributed by atoms with Gasteiger partial charge in [-0.1, -0.05) is 31.6 Å². The van der Waals surface area contributed by atoms with Crippen LogP contribution < -0.4 is 10.1 Å². The standard InChI is InChI=1S/C25H36N4O5/c1-17-14-29(18(2)16-30)24(31)21-12-19(8-7-11-33-4)13-26-23(21)34-22(17)15-28(3)25(32)27-20-9-5-6-10-20/h12-13,17-18,20,22,30H,5-6,9-11,14-16H2,1-4H3,(H,27,32)/t17-,18+,22+/m0/s1. The molecule has 1 aliphatic carbocycles. The number of hydrogen-bond acceptors (Lipinski definition) is 6. The molecule has 2 heterocycles. The van der Waals surface area contributed by atoms with E-state index in [-0.39, 0.29) is 49.0 Å². The highest BCUT2D eigenvalue weighted by molar-refractivity contribution is 5.97. The molecule has 0 radical (unpaired) electrons. The first kappa shape index (κ1) is 25.8. The molecule has 1 aliphatic heterocycles. The fourth-order valence-electron chi connectivity index (χ4n) is 4.31. The highest BCUT2D eigenvalue weighted by Gasteiger charge is 2.35. The number of fused-ring (bicyclic) bond motifs is 1. The van der Waals surface area contributed by atoms with Gasteiger partial charge in [0, 0.05) is 44.4 Å². The van der Waals surface area contributed by atoms with Crippen molar-refractivity contribution in [1.82, 2.24) is 20.1 Å². The molecule has 1 aromatic heterocycles. The van der Waals surface area contributed by atoms with Gasteiger partial charge in [-0.05, 0) is 25.8 Å². The normalized spacial score (nSPS) is 21.4. The maximum absolute atomic E-state index is 13.4. The Bertz CT molecular complexity index is 922. The van der Waals surface area contributed by atoms with Gasteiger partial charge in [0.1, 0.15) is 18.3 Å². The van der Waals surface area contributed by atoms with E-state index < -0.39 is 6.10 Å². The summed E-state index contributed by atoms with van der Waals surface area (Å²) in [4.78, 5) is 33.8. The van der Waals surface area contributed by atoms with Gasteiger partial charge in [0.25, 0.3) is 5.91 Å². The molecule has 0 unspecified atom stereocenters. The molecule has 0 spiro atoms. The molecular weight excluding hydrogens is 436 g/mol. The van der Waals surface area contributed by atoms with E-state index in [0.29, 0.717) is 24.2 Å². The van der Waals surface area contributed by atoms with Crippen molar-refractivity contribution < 1.29 is 24.2 Å². The van der Waals surface area contributed by atoms with Gasteiger partial charge in [-0.15, -0.1) is 0 Å². The summed E-state index contributed by atoms with van der Waals surface area (Å²) in [6.45, 7) is 4.61. The molecule has 3 amide bonds. The highest BCUT2D eigenvalue weighted by Crippen LogP contribution is 2.27. The second kappa shape index (κ2) is 12.0. The lowest BCUT2D eigenvalue weighted by Gasteiger charge is -2.37. The van der Waals surface area contributed by atoms with E-state index in [1.807, 2.05) is 6.92 Å². The Morgan fingerprint density at radius 3 is 2.85 bits per heavy atom. The first-order valence-corrected chi connectivity index (χ1v) is 11.9. The number of urea groups is 1. The number of carbonyl (C=O) groups excluding carboxylic acids is 2. The van der Waals surface area contributed by atoms with E-state index in [4.69, 9.17) is 9.47 Å². The van der Waals surface area contributed by atoms with Crippen molar-refractivity contribution in [3.63, 3.8) is 0 Å². The summed E-state index contributed by atoms with van der Waals surface area (Å²) >= 11 is 0. The van der Waals surface area contributed by atoms with Gasteiger partial charge in [0.15, 0.2) is 0 Å². The van der Waals surface area contributed by atoms with Crippen LogP contribution >= 0.6 is 0 Å². The number of pyridine rings is 1. The van der Waals surface area contributed by atoms with E-state index in [2.05, 4.69) is 22.1 Å². The molecule has 9 heteroatoms. The zero-order chi connectivity index (χ0) is 24.7. The van der Waals surface area contributed by atoms with Gasteiger partial charge in [-0.2, -0.15) is 0 Å². The fraction of sp³-hybridized carbons (Fsp3) is 0.640. The number of nitrogens with one attached hydrogen (secondary N) is 1. The van der Waals surface area contributed by atoms with Crippen LogP contribution in [-0.2, 0) is 4.74 Å². The van der Waals surface area contributed by atoms with Crippen molar-refractivity contribution in [3.8, 4) is 17.7 Å². The van der Waals surface area contributed by atoms with Crippen LogP contribution in [0.4, 0.5) is 4.79 Å². The molecule has 34 heavy (non-hydrogen) atoms. The minimum absolute atomic E-state index is 0.101. The number of amides is 3. The monoisotopic (exact) mass is 472 g/mol. The molecule has 3 rings (SSSR count). The Kier molecular flexibility index (Phi) is 9.13. The molecule has 1 aromatic rings. The van der Waals surface area contributed by atoms with Crippen LogP contribution in [-0.4, -0.2) is 90.5 Å². The van der Waals surface area contributed by atoms with Gasteiger partial charge in [-0.3, -0.25) is 4.79 Å². The van der Waals surface area contributed by atoms with E-state index in [1.165, 1.54) is 0 Å². The van der Waals surface area contributed by atoms with Crippen LogP contribution in [0.3, 0.4) is 0 Å². The first-order valence-electron chi connectivity index (χ1n) is 11.9. The minimum atomic E-state index is -0.391. The van der Waals surface area contributed by atoms with Crippen molar-refractivity contribution in [2.24, 2.45) is 5.92 Å². The number of hydrogen-bond donors (Lipinski definition) is 2. The summed E-state index contributed by atoms with van der Waals surface area (Å²) in [6, 6.07) is 1.38. The molecule has 1 saturated carbocycles. The van der Waals surface area contributed by atoms with Gasteiger partial charge in [0.05, 0.1) is 19.2 Å². The van der Waals surface area contributed by atoms with Crippen LogP contribution in [0.15, 0.2) is 12.3 Å². The number of aliphatic hydroxyl groups excluding tert-OH is 1. The van der Waals surface area contributed by atoms with E-state index in [9.17, 15) is 14.7 Å². The molecule has 186 valence electrons.